The first kappa shape index (κ1) is 9.62. The molecular weight excluding hydrogens is 176 g/mol. The number of nitrogens with one attached hydrogen (secondary N) is 1. The normalized spacial score (nSPS) is 30.5. The minimum Gasteiger partial charge on any atom is -0.355 e. The lowest BCUT2D eigenvalue weighted by atomic mass is 10.0. The zero-order valence-corrected chi connectivity index (χ0v) is 8.87. The number of hydrogen-bond acceptors (Lipinski definition) is 3. The Balaban J connectivity index is 2.27. The molecule has 1 N–H and O–H groups in total. The quantitative estimate of drug-likeness (QED) is 0.734. The van der Waals surface area contributed by atoms with Crippen molar-refractivity contribution in [3.63, 3.8) is 0 Å². The topological polar surface area (TPSA) is 34.1 Å². The third-order valence-electron chi connectivity index (χ3n) is 2.53. The van der Waals surface area contributed by atoms with E-state index in [-0.39, 0.29) is 11.3 Å². The van der Waals surface area contributed by atoms with E-state index in [0.29, 0.717) is 0 Å². The van der Waals surface area contributed by atoms with Gasteiger partial charge in [0.15, 0.2) is 0 Å². The van der Waals surface area contributed by atoms with E-state index in [9.17, 15) is 0 Å². The largest absolute Gasteiger partial charge is 0.355 e. The van der Waals surface area contributed by atoms with Crippen LogP contribution in [0, 0.1) is 0 Å². The van der Waals surface area contributed by atoms with E-state index in [0.717, 1.165) is 12.2 Å². The molecule has 0 aliphatic carbocycles. The molecule has 0 saturated carbocycles. The van der Waals surface area contributed by atoms with Gasteiger partial charge < -0.3 is 4.74 Å². The SMILES string of the molecule is CC1(C)COC(C)(c2ccncc2)N1. The van der Waals surface area contributed by atoms with Gasteiger partial charge in [-0.15, -0.1) is 0 Å². The third kappa shape index (κ3) is 1.65. The van der Waals surface area contributed by atoms with Crippen LogP contribution >= 0.6 is 0 Å². The Kier molecular flexibility index (Phi) is 2.09. The molecule has 0 bridgehead atoms. The Morgan fingerprint density at radius 1 is 1.29 bits per heavy atom. The number of hydrogen-bond donors (Lipinski definition) is 1. The van der Waals surface area contributed by atoms with Gasteiger partial charge in [-0.2, -0.15) is 0 Å². The molecule has 1 unspecified atom stereocenters. The van der Waals surface area contributed by atoms with Crippen LogP contribution in [0.15, 0.2) is 24.5 Å². The molecule has 2 heterocycles. The fourth-order valence-electron chi connectivity index (χ4n) is 1.87. The fraction of sp³-hybridized carbons (Fsp3) is 0.545. The number of pyridine rings is 1. The molecule has 1 aliphatic heterocycles. The monoisotopic (exact) mass is 192 g/mol. The second-order valence-corrected chi connectivity index (χ2v) is 4.57. The van der Waals surface area contributed by atoms with Gasteiger partial charge in [0.25, 0.3) is 0 Å². The van der Waals surface area contributed by atoms with E-state index in [1.54, 1.807) is 12.4 Å². The second kappa shape index (κ2) is 3.04. The number of nitrogens with zero attached hydrogens (tertiary/aromatic N) is 1. The molecule has 1 atom stereocenters. The first-order valence-electron chi connectivity index (χ1n) is 4.86. The van der Waals surface area contributed by atoms with Crippen LogP contribution in [0.2, 0.25) is 0 Å². The van der Waals surface area contributed by atoms with E-state index in [4.69, 9.17) is 4.74 Å². The summed E-state index contributed by atoms with van der Waals surface area (Å²) in [6, 6.07) is 3.96. The second-order valence-electron chi connectivity index (χ2n) is 4.57. The standard InChI is InChI=1S/C11H16N2O/c1-10(2)8-14-11(3,13-10)9-4-6-12-7-5-9/h4-7,13H,8H2,1-3H3. The summed E-state index contributed by atoms with van der Waals surface area (Å²) in [5.74, 6) is 0. The van der Waals surface area contributed by atoms with Gasteiger partial charge >= 0.3 is 0 Å². The highest BCUT2D eigenvalue weighted by molar-refractivity contribution is 5.20. The summed E-state index contributed by atoms with van der Waals surface area (Å²) in [6.45, 7) is 7.06. The van der Waals surface area contributed by atoms with Gasteiger partial charge in [-0.1, -0.05) is 0 Å². The lowest BCUT2D eigenvalue weighted by molar-refractivity contribution is 0.00212. The predicted molar refractivity (Wildman–Crippen MR) is 54.8 cm³/mol. The molecule has 0 spiro atoms. The van der Waals surface area contributed by atoms with E-state index >= 15 is 0 Å². The average Bonchev–Trinajstić information content (AvgIpc) is 2.44. The molecule has 0 amide bonds. The Morgan fingerprint density at radius 2 is 1.93 bits per heavy atom. The van der Waals surface area contributed by atoms with E-state index in [2.05, 4.69) is 31.1 Å². The van der Waals surface area contributed by atoms with Crippen LogP contribution in [0.1, 0.15) is 26.3 Å². The molecule has 1 fully saturated rings. The molecule has 3 nitrogen and oxygen atoms in total. The van der Waals surface area contributed by atoms with Gasteiger partial charge in [-0.25, -0.2) is 0 Å². The van der Waals surface area contributed by atoms with Gasteiger partial charge in [0, 0.05) is 23.5 Å². The molecule has 1 aromatic heterocycles. The van der Waals surface area contributed by atoms with Crippen molar-refractivity contribution in [3.05, 3.63) is 30.1 Å². The Bertz CT molecular complexity index is 323. The molecule has 14 heavy (non-hydrogen) atoms. The number of ether oxygens (including phenoxy) is 1. The van der Waals surface area contributed by atoms with E-state index in [1.165, 1.54) is 0 Å². The van der Waals surface area contributed by atoms with E-state index < -0.39 is 0 Å². The summed E-state index contributed by atoms with van der Waals surface area (Å²) in [6.07, 6.45) is 3.58. The van der Waals surface area contributed by atoms with Crippen molar-refractivity contribution >= 4 is 0 Å². The molecule has 0 aromatic carbocycles. The Hall–Kier alpha value is -0.930. The van der Waals surface area contributed by atoms with Crippen LogP contribution in [0.4, 0.5) is 0 Å². The maximum atomic E-state index is 5.80. The molecule has 76 valence electrons. The van der Waals surface area contributed by atoms with Crippen molar-refractivity contribution in [3.8, 4) is 0 Å². The average molecular weight is 192 g/mol. The van der Waals surface area contributed by atoms with E-state index in [1.807, 2.05) is 12.1 Å². The predicted octanol–water partition coefficient (Wildman–Crippen LogP) is 1.65. The summed E-state index contributed by atoms with van der Waals surface area (Å²) < 4.78 is 5.80. The summed E-state index contributed by atoms with van der Waals surface area (Å²) >= 11 is 0. The summed E-state index contributed by atoms with van der Waals surface area (Å²) in [4.78, 5) is 4.00. The van der Waals surface area contributed by atoms with Crippen molar-refractivity contribution < 1.29 is 4.74 Å². The fourth-order valence-corrected chi connectivity index (χ4v) is 1.87. The van der Waals surface area contributed by atoms with Gasteiger partial charge in [-0.3, -0.25) is 10.3 Å². The van der Waals surface area contributed by atoms with Crippen LogP contribution < -0.4 is 5.32 Å². The molecule has 0 radical (unpaired) electrons. The van der Waals surface area contributed by atoms with Crippen molar-refractivity contribution in [2.75, 3.05) is 6.61 Å². The lowest BCUT2D eigenvalue weighted by Crippen LogP contribution is -2.44. The number of rotatable bonds is 1. The Labute approximate surface area is 84.5 Å². The van der Waals surface area contributed by atoms with Gasteiger partial charge in [0.05, 0.1) is 6.61 Å². The summed E-state index contributed by atoms with van der Waals surface area (Å²) in [7, 11) is 0. The first-order valence-corrected chi connectivity index (χ1v) is 4.86. The molecule has 2 rings (SSSR count). The molecule has 1 saturated heterocycles. The summed E-state index contributed by atoms with van der Waals surface area (Å²) in [5, 5.41) is 3.47. The highest BCUT2D eigenvalue weighted by atomic mass is 16.5. The first-order chi connectivity index (χ1) is 6.52. The smallest absolute Gasteiger partial charge is 0.143 e. The maximum Gasteiger partial charge on any atom is 0.143 e. The summed E-state index contributed by atoms with van der Waals surface area (Å²) in [5.41, 5.74) is 0.794. The minimum absolute atomic E-state index is 0.0397. The van der Waals surface area contributed by atoms with Crippen LogP contribution in [0.25, 0.3) is 0 Å². The minimum atomic E-state index is -0.369. The van der Waals surface area contributed by atoms with Crippen LogP contribution in [-0.4, -0.2) is 17.1 Å². The Morgan fingerprint density at radius 3 is 2.43 bits per heavy atom. The maximum absolute atomic E-state index is 5.80. The van der Waals surface area contributed by atoms with Crippen molar-refractivity contribution in [2.45, 2.75) is 32.0 Å². The lowest BCUT2D eigenvalue weighted by Gasteiger charge is -2.26. The van der Waals surface area contributed by atoms with Crippen LogP contribution in [0.3, 0.4) is 0 Å². The highest BCUT2D eigenvalue weighted by Gasteiger charge is 2.41. The molecular formula is C11H16N2O. The molecule has 1 aromatic rings. The highest BCUT2D eigenvalue weighted by Crippen LogP contribution is 2.31. The van der Waals surface area contributed by atoms with Crippen molar-refractivity contribution in [1.82, 2.24) is 10.3 Å². The molecule has 3 heteroatoms. The zero-order chi connectivity index (χ0) is 10.2. The van der Waals surface area contributed by atoms with Gasteiger partial charge in [0.2, 0.25) is 0 Å². The van der Waals surface area contributed by atoms with Crippen LogP contribution in [-0.2, 0) is 10.5 Å². The van der Waals surface area contributed by atoms with Crippen LogP contribution in [0.5, 0.6) is 0 Å². The zero-order valence-electron chi connectivity index (χ0n) is 8.87. The van der Waals surface area contributed by atoms with Crippen molar-refractivity contribution in [2.24, 2.45) is 0 Å². The molecule has 1 aliphatic rings. The van der Waals surface area contributed by atoms with Gasteiger partial charge in [0.1, 0.15) is 5.72 Å². The number of aromatic nitrogens is 1. The third-order valence-corrected chi connectivity index (χ3v) is 2.53. The van der Waals surface area contributed by atoms with Crippen molar-refractivity contribution in [1.29, 1.82) is 0 Å². The van der Waals surface area contributed by atoms with Gasteiger partial charge in [-0.05, 0) is 32.9 Å².